The van der Waals surface area contributed by atoms with Crippen LogP contribution in [-0.4, -0.2) is 41.8 Å². The predicted molar refractivity (Wildman–Crippen MR) is 84.9 cm³/mol. The number of hydrogen-bond acceptors (Lipinski definition) is 4. The lowest BCUT2D eigenvalue weighted by atomic mass is 10.2. The van der Waals surface area contributed by atoms with Gasteiger partial charge >= 0.3 is 5.97 Å². The average molecular weight is 419 g/mol. The van der Waals surface area contributed by atoms with Crippen molar-refractivity contribution in [3.05, 3.63) is 27.2 Å². The predicted octanol–water partition coefficient (Wildman–Crippen LogP) is 1.85. The van der Waals surface area contributed by atoms with Crippen LogP contribution in [0.4, 0.5) is 0 Å². The Morgan fingerprint density at radius 1 is 1.48 bits per heavy atom. The van der Waals surface area contributed by atoms with Crippen LogP contribution >= 0.6 is 27.5 Å². The summed E-state index contributed by atoms with van der Waals surface area (Å²) < 4.78 is 37.8. The van der Waals surface area contributed by atoms with Gasteiger partial charge in [0.05, 0.1) is 15.5 Å². The summed E-state index contributed by atoms with van der Waals surface area (Å²) in [7, 11) is -4.99. The molecule has 0 saturated carbocycles. The van der Waals surface area contributed by atoms with Gasteiger partial charge in [0, 0.05) is 33.3 Å². The number of hydrogen-bond donors (Lipinski definition) is 2. The minimum absolute atomic E-state index is 0.00539. The molecule has 0 aromatic heterocycles. The SMILES string of the molecule is CCS(=O)CCNS(=O)(=O)c1cc(Br)c(Cl)c(C(=O)O)c1. The van der Waals surface area contributed by atoms with Crippen molar-refractivity contribution in [1.29, 1.82) is 0 Å². The van der Waals surface area contributed by atoms with Crippen LogP contribution in [0.15, 0.2) is 21.5 Å². The number of benzene rings is 1. The number of aromatic carboxylic acids is 1. The van der Waals surface area contributed by atoms with Crippen molar-refractivity contribution in [3.8, 4) is 0 Å². The average Bonchev–Trinajstić information content (AvgIpc) is 2.40. The van der Waals surface area contributed by atoms with Crippen molar-refractivity contribution >= 4 is 54.3 Å². The molecule has 0 bridgehead atoms. The summed E-state index contributed by atoms with van der Waals surface area (Å²) in [5.74, 6) is -0.696. The van der Waals surface area contributed by atoms with E-state index < -0.39 is 26.8 Å². The van der Waals surface area contributed by atoms with Gasteiger partial charge in [0.25, 0.3) is 0 Å². The highest BCUT2D eigenvalue weighted by molar-refractivity contribution is 9.10. The van der Waals surface area contributed by atoms with E-state index in [0.717, 1.165) is 6.07 Å². The quantitative estimate of drug-likeness (QED) is 0.704. The number of halogens is 2. The van der Waals surface area contributed by atoms with E-state index >= 15 is 0 Å². The summed E-state index contributed by atoms with van der Waals surface area (Å²) in [6.07, 6.45) is 0. The molecule has 21 heavy (non-hydrogen) atoms. The second kappa shape index (κ2) is 7.68. The molecule has 1 atom stereocenters. The Morgan fingerprint density at radius 2 is 2.10 bits per heavy atom. The van der Waals surface area contributed by atoms with Crippen LogP contribution in [0, 0.1) is 0 Å². The van der Waals surface area contributed by atoms with Gasteiger partial charge in [-0.3, -0.25) is 4.21 Å². The summed E-state index contributed by atoms with van der Waals surface area (Å²) in [6, 6.07) is 2.20. The number of carboxylic acids is 1. The van der Waals surface area contributed by atoms with Crippen LogP contribution in [0.3, 0.4) is 0 Å². The molecule has 2 N–H and O–H groups in total. The minimum Gasteiger partial charge on any atom is -0.478 e. The molecule has 118 valence electrons. The second-order valence-corrected chi connectivity index (χ2v) is 8.77. The Kier molecular flexibility index (Phi) is 6.79. The lowest BCUT2D eigenvalue weighted by Gasteiger charge is -2.09. The van der Waals surface area contributed by atoms with E-state index in [1.807, 2.05) is 0 Å². The zero-order chi connectivity index (χ0) is 16.2. The number of carboxylic acid groups (broad SMARTS) is 1. The topological polar surface area (TPSA) is 101 Å². The molecule has 10 heteroatoms. The first kappa shape index (κ1) is 18.6. The Balaban J connectivity index is 3.04. The van der Waals surface area contributed by atoms with Crippen molar-refractivity contribution in [2.75, 3.05) is 18.1 Å². The molecule has 0 aliphatic rings. The molecule has 1 rings (SSSR count). The first-order chi connectivity index (χ1) is 9.69. The van der Waals surface area contributed by atoms with Crippen LogP contribution in [0.5, 0.6) is 0 Å². The summed E-state index contributed by atoms with van der Waals surface area (Å²) in [6.45, 7) is 1.74. The Morgan fingerprint density at radius 3 is 2.62 bits per heavy atom. The smallest absolute Gasteiger partial charge is 0.337 e. The molecule has 1 aromatic carbocycles. The lowest BCUT2D eigenvalue weighted by Crippen LogP contribution is -2.28. The van der Waals surface area contributed by atoms with E-state index in [9.17, 15) is 17.4 Å². The maximum absolute atomic E-state index is 12.1. The summed E-state index contributed by atoms with van der Waals surface area (Å²) >= 11 is 8.82. The van der Waals surface area contributed by atoms with E-state index in [1.165, 1.54) is 6.07 Å². The van der Waals surface area contributed by atoms with Gasteiger partial charge in [-0.15, -0.1) is 0 Å². The fourth-order valence-electron chi connectivity index (χ4n) is 1.39. The molecule has 1 aromatic rings. The van der Waals surface area contributed by atoms with E-state index in [1.54, 1.807) is 6.92 Å². The van der Waals surface area contributed by atoms with Gasteiger partial charge in [-0.05, 0) is 28.1 Å². The van der Waals surface area contributed by atoms with Crippen molar-refractivity contribution in [2.24, 2.45) is 0 Å². The molecule has 0 amide bonds. The monoisotopic (exact) mass is 417 g/mol. The van der Waals surface area contributed by atoms with Crippen LogP contribution in [0.1, 0.15) is 17.3 Å². The van der Waals surface area contributed by atoms with Crippen LogP contribution in [-0.2, 0) is 20.8 Å². The largest absolute Gasteiger partial charge is 0.478 e. The highest BCUT2D eigenvalue weighted by Gasteiger charge is 2.20. The maximum atomic E-state index is 12.1. The first-order valence-corrected chi connectivity index (χ1v) is 9.90. The molecule has 0 aliphatic heterocycles. The fraction of sp³-hybridized carbons (Fsp3) is 0.364. The lowest BCUT2D eigenvalue weighted by molar-refractivity contribution is 0.0696. The van der Waals surface area contributed by atoms with Gasteiger partial charge in [-0.25, -0.2) is 17.9 Å². The van der Waals surface area contributed by atoms with Gasteiger partial charge < -0.3 is 5.11 Å². The van der Waals surface area contributed by atoms with Crippen molar-refractivity contribution in [1.82, 2.24) is 4.72 Å². The van der Waals surface area contributed by atoms with Gasteiger partial charge in [0.15, 0.2) is 0 Å². The van der Waals surface area contributed by atoms with Crippen molar-refractivity contribution in [2.45, 2.75) is 11.8 Å². The molecular formula is C11H13BrClNO5S2. The molecule has 0 saturated heterocycles. The second-order valence-electron chi connectivity index (χ2n) is 3.90. The number of sulfonamides is 1. The van der Waals surface area contributed by atoms with E-state index in [0.29, 0.717) is 5.75 Å². The third-order valence-corrected chi connectivity index (χ3v) is 6.49. The van der Waals surface area contributed by atoms with E-state index in [-0.39, 0.29) is 32.3 Å². The number of carbonyl (C=O) groups is 1. The Bertz CT molecular complexity index is 677. The number of nitrogens with one attached hydrogen (secondary N) is 1. The molecule has 0 fully saturated rings. The molecule has 0 heterocycles. The van der Waals surface area contributed by atoms with Crippen molar-refractivity contribution in [3.63, 3.8) is 0 Å². The highest BCUT2D eigenvalue weighted by atomic mass is 79.9. The fourth-order valence-corrected chi connectivity index (χ4v) is 4.03. The first-order valence-electron chi connectivity index (χ1n) is 5.76. The molecule has 6 nitrogen and oxygen atoms in total. The van der Waals surface area contributed by atoms with Crippen LogP contribution in [0.25, 0.3) is 0 Å². The molecular weight excluding hydrogens is 406 g/mol. The van der Waals surface area contributed by atoms with Crippen molar-refractivity contribution < 1.29 is 22.5 Å². The summed E-state index contributed by atoms with van der Waals surface area (Å²) in [4.78, 5) is 10.8. The maximum Gasteiger partial charge on any atom is 0.337 e. The zero-order valence-corrected chi connectivity index (χ0v) is 14.9. The Hall–Kier alpha value is -0.480. The van der Waals surface area contributed by atoms with Gasteiger partial charge in [-0.1, -0.05) is 18.5 Å². The third-order valence-electron chi connectivity index (χ3n) is 2.49. The van der Waals surface area contributed by atoms with Gasteiger partial charge in [-0.2, -0.15) is 0 Å². The van der Waals surface area contributed by atoms with E-state index in [4.69, 9.17) is 16.7 Å². The summed E-state index contributed by atoms with van der Waals surface area (Å²) in [5, 5.41) is 8.92. The molecule has 0 aliphatic carbocycles. The minimum atomic E-state index is -3.90. The molecule has 1 unspecified atom stereocenters. The zero-order valence-electron chi connectivity index (χ0n) is 10.9. The standard InChI is InChI=1S/C11H13BrClNO5S2/c1-2-20(17)4-3-14-21(18,19)7-5-8(11(15)16)10(13)9(12)6-7/h5-6,14H,2-4H2,1H3,(H,15,16). The Labute approximate surface area is 138 Å². The number of rotatable bonds is 7. The van der Waals surface area contributed by atoms with Gasteiger partial charge in [0.1, 0.15) is 0 Å². The van der Waals surface area contributed by atoms with Gasteiger partial charge in [0.2, 0.25) is 10.0 Å². The molecule has 0 radical (unpaired) electrons. The third kappa shape index (κ3) is 5.03. The van der Waals surface area contributed by atoms with Crippen LogP contribution < -0.4 is 4.72 Å². The van der Waals surface area contributed by atoms with E-state index in [2.05, 4.69) is 20.7 Å². The normalized spacial score (nSPS) is 13.1. The highest BCUT2D eigenvalue weighted by Crippen LogP contribution is 2.29. The molecule has 0 spiro atoms. The van der Waals surface area contributed by atoms with Crippen LogP contribution in [0.2, 0.25) is 5.02 Å². The summed E-state index contributed by atoms with van der Waals surface area (Å²) in [5.41, 5.74) is -0.316.